The van der Waals surface area contributed by atoms with Gasteiger partial charge in [0.25, 0.3) is 5.91 Å². The molecule has 0 aliphatic heterocycles. The lowest BCUT2D eigenvalue weighted by Gasteiger charge is -2.08. The van der Waals surface area contributed by atoms with Crippen LogP contribution in [0.25, 0.3) is 21.9 Å². The fourth-order valence-corrected chi connectivity index (χ4v) is 3.13. The number of benzene rings is 2. The van der Waals surface area contributed by atoms with Crippen molar-refractivity contribution < 1.29 is 9.18 Å². The first-order valence-corrected chi connectivity index (χ1v) is 8.36. The van der Waals surface area contributed by atoms with Crippen LogP contribution in [-0.4, -0.2) is 27.0 Å². The molecule has 26 heavy (non-hydrogen) atoms. The van der Waals surface area contributed by atoms with Crippen molar-refractivity contribution in [2.75, 3.05) is 6.54 Å². The summed E-state index contributed by atoms with van der Waals surface area (Å²) in [7, 11) is 1.95. The van der Waals surface area contributed by atoms with Crippen LogP contribution in [0.2, 0.25) is 0 Å². The Labute approximate surface area is 149 Å². The standard InChI is InChI=1S/C20H17FN4O/c1-25-17-7-3-2-6-16(17)24-18(25)8-10-23-20(26)15-12-14(21)11-13-5-4-9-22-19(13)15/h2-7,9,11-12H,8,10H2,1H3,(H,23,26). The highest BCUT2D eigenvalue weighted by atomic mass is 19.1. The maximum Gasteiger partial charge on any atom is 0.253 e. The molecule has 2 aromatic carbocycles. The van der Waals surface area contributed by atoms with Crippen LogP contribution in [0.3, 0.4) is 0 Å². The molecule has 0 spiro atoms. The van der Waals surface area contributed by atoms with Gasteiger partial charge in [-0.05, 0) is 30.3 Å². The van der Waals surface area contributed by atoms with Gasteiger partial charge in [0, 0.05) is 31.6 Å². The molecule has 5 nitrogen and oxygen atoms in total. The molecule has 1 amide bonds. The van der Waals surface area contributed by atoms with Crippen LogP contribution >= 0.6 is 0 Å². The molecule has 2 heterocycles. The van der Waals surface area contributed by atoms with Gasteiger partial charge < -0.3 is 9.88 Å². The minimum Gasteiger partial charge on any atom is -0.352 e. The van der Waals surface area contributed by atoms with E-state index in [0.717, 1.165) is 16.9 Å². The van der Waals surface area contributed by atoms with Gasteiger partial charge in [0.05, 0.1) is 22.1 Å². The summed E-state index contributed by atoms with van der Waals surface area (Å²) in [6.07, 6.45) is 2.17. The second kappa shape index (κ2) is 6.55. The van der Waals surface area contributed by atoms with Crippen LogP contribution in [0.1, 0.15) is 16.2 Å². The number of fused-ring (bicyclic) bond motifs is 2. The molecule has 130 valence electrons. The lowest BCUT2D eigenvalue weighted by Crippen LogP contribution is -2.26. The molecule has 0 aliphatic carbocycles. The number of hydrogen-bond acceptors (Lipinski definition) is 3. The second-order valence-corrected chi connectivity index (χ2v) is 6.11. The van der Waals surface area contributed by atoms with Crippen LogP contribution < -0.4 is 5.32 Å². The van der Waals surface area contributed by atoms with Gasteiger partial charge in [0.15, 0.2) is 0 Å². The minimum atomic E-state index is -0.453. The second-order valence-electron chi connectivity index (χ2n) is 6.11. The van der Waals surface area contributed by atoms with Gasteiger partial charge in [-0.15, -0.1) is 0 Å². The fourth-order valence-electron chi connectivity index (χ4n) is 3.13. The third-order valence-corrected chi connectivity index (χ3v) is 4.43. The van der Waals surface area contributed by atoms with Crippen LogP contribution in [0.15, 0.2) is 54.7 Å². The Kier molecular flexibility index (Phi) is 4.08. The van der Waals surface area contributed by atoms with Gasteiger partial charge >= 0.3 is 0 Å². The number of hydrogen-bond donors (Lipinski definition) is 1. The van der Waals surface area contributed by atoms with Gasteiger partial charge in [-0.3, -0.25) is 9.78 Å². The van der Waals surface area contributed by atoms with E-state index in [9.17, 15) is 9.18 Å². The number of nitrogens with one attached hydrogen (secondary N) is 1. The smallest absolute Gasteiger partial charge is 0.253 e. The van der Waals surface area contributed by atoms with Crippen LogP contribution in [0.5, 0.6) is 0 Å². The van der Waals surface area contributed by atoms with Crippen molar-refractivity contribution >= 4 is 27.8 Å². The molecule has 6 heteroatoms. The third kappa shape index (κ3) is 2.90. The Morgan fingerprint density at radius 2 is 2.04 bits per heavy atom. The zero-order valence-electron chi connectivity index (χ0n) is 14.2. The number of carbonyl (C=O) groups excluding carboxylic acids is 1. The van der Waals surface area contributed by atoms with Crippen molar-refractivity contribution in [2.24, 2.45) is 7.05 Å². The molecule has 0 unspecified atom stereocenters. The Bertz CT molecular complexity index is 1120. The third-order valence-electron chi connectivity index (χ3n) is 4.43. The lowest BCUT2D eigenvalue weighted by atomic mass is 10.1. The minimum absolute atomic E-state index is 0.241. The molecule has 4 aromatic rings. The summed E-state index contributed by atoms with van der Waals surface area (Å²) in [4.78, 5) is 21.3. The average molecular weight is 348 g/mol. The van der Waals surface area contributed by atoms with E-state index in [1.807, 2.05) is 35.9 Å². The van der Waals surface area contributed by atoms with Gasteiger partial charge in [-0.25, -0.2) is 9.37 Å². The zero-order chi connectivity index (χ0) is 18.1. The first kappa shape index (κ1) is 16.2. The summed E-state index contributed by atoms with van der Waals surface area (Å²) in [5, 5.41) is 3.44. The summed E-state index contributed by atoms with van der Waals surface area (Å²) in [5.74, 6) is 0.0895. The quantitative estimate of drug-likeness (QED) is 0.616. The predicted octanol–water partition coefficient (Wildman–Crippen LogP) is 3.23. The zero-order valence-corrected chi connectivity index (χ0v) is 14.2. The largest absolute Gasteiger partial charge is 0.352 e. The van der Waals surface area contributed by atoms with E-state index < -0.39 is 5.82 Å². The molecule has 2 aromatic heterocycles. The Balaban J connectivity index is 1.51. The SMILES string of the molecule is Cn1c(CCNC(=O)c2cc(F)cc3cccnc23)nc2ccccc21. The number of halogens is 1. The number of aromatic nitrogens is 3. The number of amides is 1. The molecular weight excluding hydrogens is 331 g/mol. The Hall–Kier alpha value is -3.28. The first-order chi connectivity index (χ1) is 12.6. The van der Waals surface area contributed by atoms with Crippen LogP contribution in [0.4, 0.5) is 4.39 Å². The monoisotopic (exact) mass is 348 g/mol. The van der Waals surface area contributed by atoms with E-state index in [0.29, 0.717) is 23.9 Å². The average Bonchev–Trinajstić information content (AvgIpc) is 2.97. The van der Waals surface area contributed by atoms with Crippen molar-refractivity contribution in [3.63, 3.8) is 0 Å². The van der Waals surface area contributed by atoms with E-state index in [-0.39, 0.29) is 11.5 Å². The number of aryl methyl sites for hydroxylation is 1. The van der Waals surface area contributed by atoms with Gasteiger partial charge in [-0.2, -0.15) is 0 Å². The summed E-state index contributed by atoms with van der Waals surface area (Å²) in [6, 6.07) is 13.9. The first-order valence-electron chi connectivity index (χ1n) is 8.36. The molecule has 0 fully saturated rings. The Morgan fingerprint density at radius 1 is 1.19 bits per heavy atom. The topological polar surface area (TPSA) is 59.8 Å². The molecule has 0 bridgehead atoms. The molecule has 0 saturated carbocycles. The molecule has 0 aliphatic rings. The number of carbonyl (C=O) groups is 1. The number of nitrogens with zero attached hydrogens (tertiary/aromatic N) is 3. The van der Waals surface area contributed by atoms with Crippen molar-refractivity contribution in [3.8, 4) is 0 Å². The van der Waals surface area contributed by atoms with E-state index in [2.05, 4.69) is 15.3 Å². The lowest BCUT2D eigenvalue weighted by molar-refractivity contribution is 0.0955. The Morgan fingerprint density at radius 3 is 2.88 bits per heavy atom. The van der Waals surface area contributed by atoms with E-state index in [1.54, 1.807) is 18.3 Å². The van der Waals surface area contributed by atoms with Crippen molar-refractivity contribution in [2.45, 2.75) is 6.42 Å². The molecule has 1 N–H and O–H groups in total. The predicted molar refractivity (Wildman–Crippen MR) is 98.5 cm³/mol. The van der Waals surface area contributed by atoms with Crippen molar-refractivity contribution in [1.82, 2.24) is 19.9 Å². The highest BCUT2D eigenvalue weighted by Gasteiger charge is 2.13. The van der Waals surface area contributed by atoms with Gasteiger partial charge in [0.2, 0.25) is 0 Å². The summed E-state index contributed by atoms with van der Waals surface area (Å²) in [5.41, 5.74) is 2.71. The highest BCUT2D eigenvalue weighted by molar-refractivity contribution is 6.05. The molecule has 0 atom stereocenters. The number of rotatable bonds is 4. The van der Waals surface area contributed by atoms with Gasteiger partial charge in [-0.1, -0.05) is 18.2 Å². The number of imidazole rings is 1. The van der Waals surface area contributed by atoms with Crippen LogP contribution in [-0.2, 0) is 13.5 Å². The summed E-state index contributed by atoms with van der Waals surface area (Å²) < 4.78 is 15.8. The number of pyridine rings is 1. The van der Waals surface area contributed by atoms with E-state index in [1.165, 1.54) is 12.1 Å². The fraction of sp³-hybridized carbons (Fsp3) is 0.150. The van der Waals surface area contributed by atoms with Crippen molar-refractivity contribution in [1.29, 1.82) is 0 Å². The van der Waals surface area contributed by atoms with Gasteiger partial charge in [0.1, 0.15) is 11.6 Å². The molecule has 0 radical (unpaired) electrons. The highest BCUT2D eigenvalue weighted by Crippen LogP contribution is 2.18. The van der Waals surface area contributed by atoms with E-state index in [4.69, 9.17) is 0 Å². The summed E-state index contributed by atoms with van der Waals surface area (Å²) in [6.45, 7) is 0.404. The van der Waals surface area contributed by atoms with Crippen LogP contribution in [0, 0.1) is 5.82 Å². The number of para-hydroxylation sites is 2. The normalized spacial score (nSPS) is 11.2. The molecular formula is C20H17FN4O. The van der Waals surface area contributed by atoms with E-state index >= 15 is 0 Å². The molecule has 4 rings (SSSR count). The summed E-state index contributed by atoms with van der Waals surface area (Å²) >= 11 is 0. The maximum absolute atomic E-state index is 13.8. The molecule has 0 saturated heterocycles. The van der Waals surface area contributed by atoms with Crippen molar-refractivity contribution in [3.05, 3.63) is 71.9 Å². The maximum atomic E-state index is 13.8.